The Morgan fingerprint density at radius 1 is 1.18 bits per heavy atom. The molecule has 0 saturated carbocycles. The highest BCUT2D eigenvalue weighted by Gasteiger charge is 2.30. The van der Waals surface area contributed by atoms with Gasteiger partial charge in [0.1, 0.15) is 0 Å². The number of rotatable bonds is 2. The second kappa shape index (κ2) is 5.49. The molecule has 0 aliphatic carbocycles. The summed E-state index contributed by atoms with van der Waals surface area (Å²) >= 11 is 0. The molecule has 0 spiro atoms. The molecule has 5 nitrogen and oxygen atoms in total. The van der Waals surface area contributed by atoms with E-state index in [4.69, 9.17) is 9.57 Å². The van der Waals surface area contributed by atoms with Gasteiger partial charge in [0.25, 0.3) is 0 Å². The van der Waals surface area contributed by atoms with Crippen LogP contribution in [0.1, 0.15) is 33.6 Å². The first-order valence-electron chi connectivity index (χ1n) is 5.89. The fraction of sp³-hybridized carbons (Fsp3) is 0.833. The predicted molar refractivity (Wildman–Crippen MR) is 61.9 cm³/mol. The summed E-state index contributed by atoms with van der Waals surface area (Å²) in [7, 11) is 1.40. The van der Waals surface area contributed by atoms with Crippen molar-refractivity contribution in [1.29, 1.82) is 0 Å². The molecule has 1 heterocycles. The Hall–Kier alpha value is -1.10. The van der Waals surface area contributed by atoms with Gasteiger partial charge >= 0.3 is 11.9 Å². The SMILES string of the molecule is COC(=O)C1CCN(OC(=O)C(C)(C)C)CC1. The van der Waals surface area contributed by atoms with E-state index >= 15 is 0 Å². The largest absolute Gasteiger partial charge is 0.469 e. The van der Waals surface area contributed by atoms with Crippen LogP contribution in [0.3, 0.4) is 0 Å². The summed E-state index contributed by atoms with van der Waals surface area (Å²) in [5.74, 6) is -0.481. The van der Waals surface area contributed by atoms with Gasteiger partial charge in [0.15, 0.2) is 0 Å². The van der Waals surface area contributed by atoms with Gasteiger partial charge < -0.3 is 9.57 Å². The quantitative estimate of drug-likeness (QED) is 0.686. The third-order valence-electron chi connectivity index (χ3n) is 2.81. The van der Waals surface area contributed by atoms with E-state index in [1.807, 2.05) is 20.8 Å². The van der Waals surface area contributed by atoms with Crippen LogP contribution in [0.5, 0.6) is 0 Å². The van der Waals surface area contributed by atoms with Crippen molar-refractivity contribution in [1.82, 2.24) is 5.06 Å². The summed E-state index contributed by atoms with van der Waals surface area (Å²) in [6.45, 7) is 6.62. The van der Waals surface area contributed by atoms with Gasteiger partial charge in [-0.25, -0.2) is 4.79 Å². The molecule has 0 N–H and O–H groups in total. The highest BCUT2D eigenvalue weighted by molar-refractivity contribution is 5.75. The van der Waals surface area contributed by atoms with E-state index in [1.54, 1.807) is 5.06 Å². The number of esters is 1. The van der Waals surface area contributed by atoms with Crippen molar-refractivity contribution in [3.63, 3.8) is 0 Å². The highest BCUT2D eigenvalue weighted by atomic mass is 16.7. The summed E-state index contributed by atoms with van der Waals surface area (Å²) in [5.41, 5.74) is -0.501. The van der Waals surface area contributed by atoms with Gasteiger partial charge in [-0.15, -0.1) is 5.06 Å². The van der Waals surface area contributed by atoms with Gasteiger partial charge in [0.2, 0.25) is 0 Å². The Kier molecular flexibility index (Phi) is 4.51. The average molecular weight is 243 g/mol. The maximum absolute atomic E-state index is 11.6. The lowest BCUT2D eigenvalue weighted by atomic mass is 9.97. The summed E-state index contributed by atoms with van der Waals surface area (Å²) in [4.78, 5) is 28.2. The topological polar surface area (TPSA) is 55.8 Å². The molecule has 1 aliphatic rings. The van der Waals surface area contributed by atoms with E-state index in [-0.39, 0.29) is 17.9 Å². The molecule has 0 amide bonds. The zero-order valence-electron chi connectivity index (χ0n) is 11.0. The second-order valence-electron chi connectivity index (χ2n) is 5.36. The van der Waals surface area contributed by atoms with Gasteiger partial charge in [-0.1, -0.05) is 0 Å². The lowest BCUT2D eigenvalue weighted by molar-refractivity contribution is -0.206. The fourth-order valence-electron chi connectivity index (χ4n) is 1.60. The van der Waals surface area contributed by atoms with Crippen molar-refractivity contribution >= 4 is 11.9 Å². The van der Waals surface area contributed by atoms with E-state index in [0.29, 0.717) is 25.9 Å². The first kappa shape index (κ1) is 14.0. The van der Waals surface area contributed by atoms with E-state index in [0.717, 1.165) is 0 Å². The van der Waals surface area contributed by atoms with Crippen LogP contribution < -0.4 is 0 Å². The van der Waals surface area contributed by atoms with Crippen LogP contribution in [0.4, 0.5) is 0 Å². The maximum atomic E-state index is 11.6. The number of hydroxylamine groups is 2. The minimum Gasteiger partial charge on any atom is -0.469 e. The Morgan fingerprint density at radius 2 is 1.71 bits per heavy atom. The van der Waals surface area contributed by atoms with E-state index in [9.17, 15) is 9.59 Å². The third kappa shape index (κ3) is 4.00. The second-order valence-corrected chi connectivity index (χ2v) is 5.36. The number of hydrogen-bond acceptors (Lipinski definition) is 5. The molecule has 1 saturated heterocycles. The van der Waals surface area contributed by atoms with Gasteiger partial charge in [0.05, 0.1) is 18.4 Å². The average Bonchev–Trinajstić information content (AvgIpc) is 2.27. The molecular formula is C12H21NO4. The van der Waals surface area contributed by atoms with Crippen molar-refractivity contribution in [2.45, 2.75) is 33.6 Å². The lowest BCUT2D eigenvalue weighted by Gasteiger charge is -2.30. The van der Waals surface area contributed by atoms with Gasteiger partial charge in [0, 0.05) is 13.1 Å². The van der Waals surface area contributed by atoms with Crippen LogP contribution in [0, 0.1) is 11.3 Å². The first-order valence-corrected chi connectivity index (χ1v) is 5.89. The van der Waals surface area contributed by atoms with Crippen molar-refractivity contribution in [2.75, 3.05) is 20.2 Å². The summed E-state index contributed by atoms with van der Waals surface area (Å²) < 4.78 is 4.70. The van der Waals surface area contributed by atoms with Gasteiger partial charge in [-0.2, -0.15) is 0 Å². The molecule has 17 heavy (non-hydrogen) atoms. The van der Waals surface area contributed by atoms with E-state index in [1.165, 1.54) is 7.11 Å². The maximum Gasteiger partial charge on any atom is 0.330 e. The third-order valence-corrected chi connectivity index (χ3v) is 2.81. The molecule has 1 aliphatic heterocycles. The smallest absolute Gasteiger partial charge is 0.330 e. The van der Waals surface area contributed by atoms with Crippen LogP contribution in [0.25, 0.3) is 0 Å². The molecule has 0 atom stereocenters. The van der Waals surface area contributed by atoms with Crippen molar-refractivity contribution in [2.24, 2.45) is 11.3 Å². The summed E-state index contributed by atoms with van der Waals surface area (Å²) in [5, 5.41) is 1.63. The predicted octanol–water partition coefficient (Wildman–Crippen LogP) is 1.38. The molecule has 1 rings (SSSR count). The number of methoxy groups -OCH3 is 1. The zero-order valence-corrected chi connectivity index (χ0v) is 11.0. The number of carbonyl (C=O) groups is 2. The number of carbonyl (C=O) groups excluding carboxylic acids is 2. The molecule has 0 aromatic carbocycles. The van der Waals surface area contributed by atoms with Crippen molar-refractivity contribution < 1.29 is 19.2 Å². The normalized spacial score (nSPS) is 18.8. The van der Waals surface area contributed by atoms with Gasteiger partial charge in [-0.3, -0.25) is 4.79 Å². The molecule has 0 aromatic rings. The Balaban J connectivity index is 2.38. The Morgan fingerprint density at radius 3 is 2.12 bits per heavy atom. The van der Waals surface area contributed by atoms with Crippen LogP contribution in [-0.4, -0.2) is 37.2 Å². The minimum atomic E-state index is -0.501. The standard InChI is InChI=1S/C12H21NO4/c1-12(2,3)11(15)17-13-7-5-9(6-8-13)10(14)16-4/h9H,5-8H2,1-4H3. The number of hydrogen-bond donors (Lipinski definition) is 0. The number of piperidine rings is 1. The minimum absolute atomic E-state index is 0.0652. The highest BCUT2D eigenvalue weighted by Crippen LogP contribution is 2.21. The van der Waals surface area contributed by atoms with Crippen LogP contribution in [-0.2, 0) is 19.2 Å². The fourth-order valence-corrected chi connectivity index (χ4v) is 1.60. The molecule has 0 radical (unpaired) electrons. The van der Waals surface area contributed by atoms with Crippen LogP contribution in [0.2, 0.25) is 0 Å². The van der Waals surface area contributed by atoms with Crippen LogP contribution >= 0.6 is 0 Å². The monoisotopic (exact) mass is 243 g/mol. The molecule has 5 heteroatoms. The summed E-state index contributed by atoms with van der Waals surface area (Å²) in [6.07, 6.45) is 1.34. The number of nitrogens with zero attached hydrogens (tertiary/aromatic N) is 1. The number of ether oxygens (including phenoxy) is 1. The van der Waals surface area contributed by atoms with Crippen LogP contribution in [0.15, 0.2) is 0 Å². The van der Waals surface area contributed by atoms with Crippen molar-refractivity contribution in [3.05, 3.63) is 0 Å². The van der Waals surface area contributed by atoms with Gasteiger partial charge in [-0.05, 0) is 33.6 Å². The van der Waals surface area contributed by atoms with E-state index < -0.39 is 5.41 Å². The summed E-state index contributed by atoms with van der Waals surface area (Å²) in [6, 6.07) is 0. The zero-order chi connectivity index (χ0) is 13.1. The molecule has 0 bridgehead atoms. The molecule has 1 fully saturated rings. The molecule has 0 aromatic heterocycles. The first-order chi connectivity index (χ1) is 7.84. The van der Waals surface area contributed by atoms with Crippen molar-refractivity contribution in [3.8, 4) is 0 Å². The molecule has 98 valence electrons. The Bertz CT molecular complexity index is 287. The molecular weight excluding hydrogens is 222 g/mol. The van der Waals surface area contributed by atoms with E-state index in [2.05, 4.69) is 0 Å². The lowest BCUT2D eigenvalue weighted by Crippen LogP contribution is -2.40. The Labute approximate surface area is 102 Å². The molecule has 0 unspecified atom stereocenters.